The van der Waals surface area contributed by atoms with Crippen LogP contribution in [0.15, 0.2) is 46.8 Å². The van der Waals surface area contributed by atoms with Crippen molar-refractivity contribution in [3.8, 4) is 5.69 Å². The Morgan fingerprint density at radius 3 is 2.67 bits per heavy atom. The van der Waals surface area contributed by atoms with Crippen molar-refractivity contribution in [2.24, 2.45) is 0 Å². The number of nitrogens with one attached hydrogen (secondary N) is 1. The number of carbonyl (C=O) groups is 1. The van der Waals surface area contributed by atoms with E-state index in [1.807, 2.05) is 11.5 Å². The molecule has 3 heterocycles. The topological polar surface area (TPSA) is 58.7 Å². The zero-order valence-corrected chi connectivity index (χ0v) is 18.5. The molecule has 0 aliphatic carbocycles. The lowest BCUT2D eigenvalue weighted by Gasteiger charge is -2.09. The second-order valence-electron chi connectivity index (χ2n) is 6.28. The van der Waals surface area contributed by atoms with E-state index >= 15 is 0 Å². The zero-order valence-electron chi connectivity index (χ0n) is 14.7. The largest absolute Gasteiger partial charge is 0.318 e. The average molecular weight is 505 g/mol. The quantitative estimate of drug-likeness (QED) is 0.374. The second-order valence-corrected chi connectivity index (χ2v) is 9.54. The summed E-state index contributed by atoms with van der Waals surface area (Å²) in [6.07, 6.45) is 3.60. The summed E-state index contributed by atoms with van der Waals surface area (Å²) in [5, 5.41) is 11.1. The van der Waals surface area contributed by atoms with E-state index in [4.69, 9.17) is 5.41 Å². The van der Waals surface area contributed by atoms with Gasteiger partial charge in [-0.1, -0.05) is 11.8 Å². The summed E-state index contributed by atoms with van der Waals surface area (Å²) in [5.74, 6) is -0.569. The van der Waals surface area contributed by atoms with Crippen LogP contribution in [0.2, 0.25) is 0 Å². The Labute approximate surface area is 179 Å². The molecule has 4 rings (SSSR count). The summed E-state index contributed by atoms with van der Waals surface area (Å²) >= 11 is 4.97. The highest BCUT2D eigenvalue weighted by Gasteiger charge is 2.38. The fourth-order valence-corrected chi connectivity index (χ4v) is 5.41. The molecule has 7 heteroatoms. The lowest BCUT2D eigenvalue weighted by Crippen LogP contribution is -2.11. The number of ketones is 1. The van der Waals surface area contributed by atoms with Gasteiger partial charge < -0.3 is 4.57 Å². The van der Waals surface area contributed by atoms with Gasteiger partial charge in [0.2, 0.25) is 0 Å². The highest BCUT2D eigenvalue weighted by Crippen LogP contribution is 2.41. The molecule has 1 aromatic carbocycles. The first kappa shape index (κ1) is 18.6. The van der Waals surface area contributed by atoms with Crippen molar-refractivity contribution in [1.82, 2.24) is 9.55 Å². The first-order valence-electron chi connectivity index (χ1n) is 8.32. The molecule has 1 N–H and O–H groups in total. The molecule has 27 heavy (non-hydrogen) atoms. The van der Waals surface area contributed by atoms with Crippen molar-refractivity contribution in [1.29, 1.82) is 5.41 Å². The number of thioether (sulfide) groups is 1. The van der Waals surface area contributed by atoms with E-state index in [2.05, 4.69) is 76.3 Å². The molecule has 0 spiro atoms. The van der Waals surface area contributed by atoms with E-state index in [0.717, 1.165) is 22.6 Å². The van der Waals surface area contributed by atoms with Gasteiger partial charge in [0.1, 0.15) is 10.9 Å². The maximum Gasteiger partial charge on any atom is 0.186 e. The Hall–Kier alpha value is -1.71. The third-order valence-corrected chi connectivity index (χ3v) is 7.08. The number of benzene rings is 1. The number of Topliss-reactive ketones (excluding diaryl/α,β-unsaturated/α-hetero) is 1. The molecule has 2 aromatic heterocycles. The van der Waals surface area contributed by atoms with Gasteiger partial charge in [-0.2, -0.15) is 0 Å². The van der Waals surface area contributed by atoms with Gasteiger partial charge in [0.15, 0.2) is 5.78 Å². The average Bonchev–Trinajstić information content (AvgIpc) is 3.31. The summed E-state index contributed by atoms with van der Waals surface area (Å²) in [4.78, 5) is 17.7. The summed E-state index contributed by atoms with van der Waals surface area (Å²) in [6, 6.07) is 10.5. The minimum atomic E-state index is -0.541. The maximum atomic E-state index is 12.9. The van der Waals surface area contributed by atoms with Crippen molar-refractivity contribution in [3.05, 3.63) is 72.3 Å². The molecule has 1 atom stereocenters. The van der Waals surface area contributed by atoms with E-state index in [9.17, 15) is 4.79 Å². The fraction of sp³-hybridized carbons (Fsp3) is 0.150. The van der Waals surface area contributed by atoms with Crippen molar-refractivity contribution in [2.75, 3.05) is 0 Å². The van der Waals surface area contributed by atoms with Gasteiger partial charge in [-0.15, -0.1) is 11.3 Å². The third-order valence-electron chi connectivity index (χ3n) is 4.53. The number of hydrogen-bond donors (Lipinski definition) is 1. The fourth-order valence-electron chi connectivity index (χ4n) is 3.25. The van der Waals surface area contributed by atoms with Crippen LogP contribution in [0.5, 0.6) is 0 Å². The Bertz CT molecular complexity index is 1070. The Morgan fingerprint density at radius 1 is 1.26 bits per heavy atom. The normalized spacial score (nSPS) is 18.6. The van der Waals surface area contributed by atoms with Crippen LogP contribution < -0.4 is 0 Å². The zero-order chi connectivity index (χ0) is 19.1. The van der Waals surface area contributed by atoms with E-state index in [-0.39, 0.29) is 5.78 Å². The molecule has 1 aliphatic rings. The summed E-state index contributed by atoms with van der Waals surface area (Å²) in [7, 11) is 0. The molecular formula is C20H16IN3OS2. The molecule has 3 aromatic rings. The van der Waals surface area contributed by atoms with Crippen LogP contribution in [-0.4, -0.2) is 20.4 Å². The van der Waals surface area contributed by atoms with Crippen LogP contribution >= 0.6 is 45.7 Å². The number of nitrogens with zero attached hydrogens (tertiary/aromatic N) is 2. The molecule has 1 saturated heterocycles. The van der Waals surface area contributed by atoms with Gasteiger partial charge in [-0.25, -0.2) is 4.98 Å². The van der Waals surface area contributed by atoms with Crippen LogP contribution in [0.3, 0.4) is 0 Å². The maximum absolute atomic E-state index is 12.9. The van der Waals surface area contributed by atoms with E-state index in [0.29, 0.717) is 15.0 Å². The monoisotopic (exact) mass is 505 g/mol. The number of aromatic nitrogens is 2. The summed E-state index contributed by atoms with van der Waals surface area (Å²) in [6.45, 7) is 4.13. The molecule has 1 aliphatic heterocycles. The second kappa shape index (κ2) is 7.37. The van der Waals surface area contributed by atoms with E-state index in [1.165, 1.54) is 26.7 Å². The van der Waals surface area contributed by atoms with Crippen molar-refractivity contribution in [2.45, 2.75) is 19.8 Å². The van der Waals surface area contributed by atoms with E-state index < -0.39 is 5.92 Å². The van der Waals surface area contributed by atoms with Crippen molar-refractivity contribution < 1.29 is 4.79 Å². The van der Waals surface area contributed by atoms with Crippen LogP contribution in [0.1, 0.15) is 27.9 Å². The minimum Gasteiger partial charge on any atom is -0.318 e. The van der Waals surface area contributed by atoms with Crippen molar-refractivity contribution >= 4 is 62.6 Å². The first-order chi connectivity index (χ1) is 13.0. The number of rotatable bonds is 3. The van der Waals surface area contributed by atoms with Crippen LogP contribution in [0.25, 0.3) is 11.8 Å². The number of allylic oxidation sites excluding steroid dienone is 1. The standard InChI is InChI=1S/C20H16IN3OS2/c1-11-9-13(12(2)24(11)15-5-3-14(21)4-6-15)10-16-18(25)17(19(22)27-16)20-23-7-8-26-20/h3-10,17,22H,1-2H3/b16-10-,22-19?/t17-/m0/s1. The SMILES string of the molecule is Cc1cc(/C=C2\SC(=N)[C@@H](c3nccs3)C2=O)c(C)n1-c1ccc(I)cc1. The summed E-state index contributed by atoms with van der Waals surface area (Å²) in [5.41, 5.74) is 4.31. The van der Waals surface area contributed by atoms with E-state index in [1.54, 1.807) is 6.20 Å². The van der Waals surface area contributed by atoms with Gasteiger partial charge in [-0.05, 0) is 78.4 Å². The molecule has 0 saturated carbocycles. The number of halogens is 1. The molecular weight excluding hydrogens is 489 g/mol. The summed E-state index contributed by atoms with van der Waals surface area (Å²) < 4.78 is 3.39. The van der Waals surface area contributed by atoms with Gasteiger partial charge in [-0.3, -0.25) is 10.2 Å². The van der Waals surface area contributed by atoms with Crippen LogP contribution in [-0.2, 0) is 4.79 Å². The van der Waals surface area contributed by atoms with Crippen LogP contribution in [0, 0.1) is 22.8 Å². The molecule has 136 valence electrons. The third kappa shape index (κ3) is 3.43. The molecule has 0 radical (unpaired) electrons. The Morgan fingerprint density at radius 2 is 2.00 bits per heavy atom. The van der Waals surface area contributed by atoms with Gasteiger partial charge in [0, 0.05) is 32.2 Å². The number of thiazole rings is 1. The lowest BCUT2D eigenvalue weighted by atomic mass is 10.1. The highest BCUT2D eigenvalue weighted by atomic mass is 127. The molecule has 0 amide bonds. The molecule has 1 fully saturated rings. The molecule has 4 nitrogen and oxygen atoms in total. The van der Waals surface area contributed by atoms with Gasteiger partial charge >= 0.3 is 0 Å². The predicted molar refractivity (Wildman–Crippen MR) is 121 cm³/mol. The first-order valence-corrected chi connectivity index (χ1v) is 11.1. The van der Waals surface area contributed by atoms with Gasteiger partial charge in [0.25, 0.3) is 0 Å². The number of hydrogen-bond acceptors (Lipinski definition) is 5. The van der Waals surface area contributed by atoms with Crippen molar-refractivity contribution in [3.63, 3.8) is 0 Å². The molecule has 0 unspecified atom stereocenters. The van der Waals surface area contributed by atoms with Gasteiger partial charge in [0.05, 0.1) is 9.95 Å². The number of carbonyl (C=O) groups excluding carboxylic acids is 1. The highest BCUT2D eigenvalue weighted by molar-refractivity contribution is 14.1. The smallest absolute Gasteiger partial charge is 0.186 e. The van der Waals surface area contributed by atoms with Crippen LogP contribution in [0.4, 0.5) is 0 Å². The number of aryl methyl sites for hydroxylation is 1. The predicted octanol–water partition coefficient (Wildman–Crippen LogP) is 5.57. The molecule has 0 bridgehead atoms. The Kier molecular flexibility index (Phi) is 5.09. The Balaban J connectivity index is 1.71. The minimum absolute atomic E-state index is 0.0287. The lowest BCUT2D eigenvalue weighted by molar-refractivity contribution is -0.114.